The van der Waals surface area contributed by atoms with E-state index in [2.05, 4.69) is 5.32 Å². The molecule has 27 heavy (non-hydrogen) atoms. The third-order valence-electron chi connectivity index (χ3n) is 4.48. The first-order chi connectivity index (χ1) is 12.8. The number of rotatable bonds is 4. The van der Waals surface area contributed by atoms with E-state index in [-0.39, 0.29) is 25.0 Å². The van der Waals surface area contributed by atoms with Gasteiger partial charge in [-0.05, 0) is 44.0 Å². The summed E-state index contributed by atoms with van der Waals surface area (Å²) >= 11 is 0. The highest BCUT2D eigenvalue weighted by atomic mass is 16.6. The SMILES string of the molecule is Cc1cc(C)c(NC(=O)CN(C)C(=O)[C@@H]2COc3ccccc3O2)c(C)c1. The van der Waals surface area contributed by atoms with Gasteiger partial charge in [0.1, 0.15) is 6.61 Å². The first kappa shape index (κ1) is 18.8. The number of amides is 2. The van der Waals surface area contributed by atoms with E-state index in [4.69, 9.17) is 9.47 Å². The number of benzene rings is 2. The highest BCUT2D eigenvalue weighted by Crippen LogP contribution is 2.31. The molecule has 0 saturated carbocycles. The Kier molecular flexibility index (Phi) is 5.35. The molecule has 0 spiro atoms. The maximum absolute atomic E-state index is 12.6. The van der Waals surface area contributed by atoms with E-state index >= 15 is 0 Å². The molecule has 0 saturated heterocycles. The fourth-order valence-corrected chi connectivity index (χ4v) is 3.24. The van der Waals surface area contributed by atoms with Gasteiger partial charge in [-0.25, -0.2) is 0 Å². The minimum absolute atomic E-state index is 0.0624. The second-order valence-corrected chi connectivity index (χ2v) is 6.88. The van der Waals surface area contributed by atoms with E-state index in [0.717, 1.165) is 22.4 Å². The van der Waals surface area contributed by atoms with E-state index in [1.807, 2.05) is 45.0 Å². The van der Waals surface area contributed by atoms with Crippen molar-refractivity contribution in [2.24, 2.45) is 0 Å². The van der Waals surface area contributed by atoms with Crippen LogP contribution in [0.25, 0.3) is 0 Å². The number of para-hydroxylation sites is 2. The predicted octanol–water partition coefficient (Wildman–Crippen LogP) is 2.85. The summed E-state index contributed by atoms with van der Waals surface area (Å²) in [6.07, 6.45) is -0.763. The molecule has 0 bridgehead atoms. The number of hydrogen-bond acceptors (Lipinski definition) is 4. The van der Waals surface area contributed by atoms with E-state index in [1.54, 1.807) is 19.2 Å². The third kappa shape index (κ3) is 4.22. The Bertz CT molecular complexity index is 855. The van der Waals surface area contributed by atoms with Crippen LogP contribution in [0.15, 0.2) is 36.4 Å². The van der Waals surface area contributed by atoms with Crippen LogP contribution >= 0.6 is 0 Å². The van der Waals surface area contributed by atoms with Crippen molar-refractivity contribution < 1.29 is 19.1 Å². The van der Waals surface area contributed by atoms with Gasteiger partial charge in [0.2, 0.25) is 12.0 Å². The average molecular weight is 368 g/mol. The summed E-state index contributed by atoms with van der Waals surface area (Å²) in [4.78, 5) is 26.4. The van der Waals surface area contributed by atoms with Gasteiger partial charge in [-0.2, -0.15) is 0 Å². The Hall–Kier alpha value is -3.02. The Labute approximate surface area is 159 Å². The molecule has 2 aromatic rings. The number of nitrogens with one attached hydrogen (secondary N) is 1. The average Bonchev–Trinajstić information content (AvgIpc) is 2.63. The molecule has 0 aromatic heterocycles. The van der Waals surface area contributed by atoms with Crippen LogP contribution in [-0.4, -0.2) is 43.0 Å². The van der Waals surface area contributed by atoms with Gasteiger partial charge >= 0.3 is 0 Å². The number of likely N-dealkylation sites (N-methyl/N-ethyl adjacent to an activating group) is 1. The number of carbonyl (C=O) groups excluding carboxylic acids is 2. The summed E-state index contributed by atoms with van der Waals surface area (Å²) in [5.74, 6) is 0.605. The van der Waals surface area contributed by atoms with Crippen molar-refractivity contribution in [1.29, 1.82) is 0 Å². The van der Waals surface area contributed by atoms with Gasteiger partial charge in [-0.15, -0.1) is 0 Å². The quantitative estimate of drug-likeness (QED) is 0.901. The number of carbonyl (C=O) groups is 2. The summed E-state index contributed by atoms with van der Waals surface area (Å²) in [5, 5.41) is 2.91. The van der Waals surface area contributed by atoms with Crippen LogP contribution in [-0.2, 0) is 9.59 Å². The highest BCUT2D eigenvalue weighted by molar-refractivity contribution is 5.96. The molecule has 0 aliphatic carbocycles. The fourth-order valence-electron chi connectivity index (χ4n) is 3.24. The van der Waals surface area contributed by atoms with Gasteiger partial charge in [0.25, 0.3) is 5.91 Å². The summed E-state index contributed by atoms with van der Waals surface area (Å²) in [6.45, 7) is 5.98. The van der Waals surface area contributed by atoms with Crippen molar-refractivity contribution in [3.63, 3.8) is 0 Å². The molecule has 6 heteroatoms. The standard InChI is InChI=1S/C21H24N2O4/c1-13-9-14(2)20(15(3)10-13)22-19(24)11-23(4)21(25)18-12-26-16-7-5-6-8-17(16)27-18/h5-10,18H,11-12H2,1-4H3,(H,22,24)/t18-/m0/s1. The Balaban J connectivity index is 1.61. The predicted molar refractivity (Wildman–Crippen MR) is 103 cm³/mol. The van der Waals surface area contributed by atoms with Crippen molar-refractivity contribution in [1.82, 2.24) is 4.90 Å². The summed E-state index contributed by atoms with van der Waals surface area (Å²) < 4.78 is 11.3. The number of nitrogens with zero attached hydrogens (tertiary/aromatic N) is 1. The van der Waals surface area contributed by atoms with Crippen molar-refractivity contribution in [2.45, 2.75) is 26.9 Å². The molecule has 6 nitrogen and oxygen atoms in total. The minimum Gasteiger partial charge on any atom is -0.485 e. The van der Waals surface area contributed by atoms with E-state index in [0.29, 0.717) is 11.5 Å². The summed E-state index contributed by atoms with van der Waals surface area (Å²) in [6, 6.07) is 11.2. The number of hydrogen-bond donors (Lipinski definition) is 1. The van der Waals surface area contributed by atoms with Gasteiger partial charge in [0, 0.05) is 12.7 Å². The van der Waals surface area contributed by atoms with Gasteiger partial charge in [0.05, 0.1) is 6.54 Å². The first-order valence-electron chi connectivity index (χ1n) is 8.86. The molecule has 0 radical (unpaired) electrons. The molecule has 2 amide bonds. The number of ether oxygens (including phenoxy) is 2. The monoisotopic (exact) mass is 368 g/mol. The number of aryl methyl sites for hydroxylation is 3. The van der Waals surface area contributed by atoms with Crippen molar-refractivity contribution in [3.8, 4) is 11.5 Å². The smallest absolute Gasteiger partial charge is 0.267 e. The van der Waals surface area contributed by atoms with E-state index in [1.165, 1.54) is 4.90 Å². The fraction of sp³-hybridized carbons (Fsp3) is 0.333. The van der Waals surface area contributed by atoms with Crippen LogP contribution in [0.4, 0.5) is 5.69 Å². The molecule has 1 aliphatic rings. The number of anilines is 1. The van der Waals surface area contributed by atoms with Crippen molar-refractivity contribution >= 4 is 17.5 Å². The van der Waals surface area contributed by atoms with Crippen LogP contribution in [0.3, 0.4) is 0 Å². The molecule has 1 heterocycles. The Morgan fingerprint density at radius 1 is 1.11 bits per heavy atom. The third-order valence-corrected chi connectivity index (χ3v) is 4.48. The van der Waals surface area contributed by atoms with E-state index < -0.39 is 6.10 Å². The molecular formula is C21H24N2O4. The van der Waals surface area contributed by atoms with E-state index in [9.17, 15) is 9.59 Å². The van der Waals surface area contributed by atoms with Crippen LogP contribution in [0.1, 0.15) is 16.7 Å². The second kappa shape index (κ2) is 7.70. The van der Waals surface area contributed by atoms with Crippen LogP contribution in [0.2, 0.25) is 0 Å². The van der Waals surface area contributed by atoms with Crippen LogP contribution < -0.4 is 14.8 Å². The molecular weight excluding hydrogens is 344 g/mol. The van der Waals surface area contributed by atoms with Gasteiger partial charge in [-0.1, -0.05) is 29.8 Å². The van der Waals surface area contributed by atoms with Crippen LogP contribution in [0, 0.1) is 20.8 Å². The Morgan fingerprint density at radius 3 is 2.41 bits per heavy atom. The van der Waals surface area contributed by atoms with Gasteiger partial charge in [-0.3, -0.25) is 9.59 Å². The summed E-state index contributed by atoms with van der Waals surface area (Å²) in [5.41, 5.74) is 3.92. The molecule has 0 fully saturated rings. The summed E-state index contributed by atoms with van der Waals surface area (Å²) in [7, 11) is 1.58. The maximum atomic E-state index is 12.6. The molecule has 0 unspecified atom stereocenters. The lowest BCUT2D eigenvalue weighted by atomic mass is 10.1. The first-order valence-corrected chi connectivity index (χ1v) is 8.86. The van der Waals surface area contributed by atoms with Crippen molar-refractivity contribution in [2.75, 3.05) is 25.5 Å². The molecule has 1 N–H and O–H groups in total. The molecule has 1 aliphatic heterocycles. The lowest BCUT2D eigenvalue weighted by Gasteiger charge is -2.28. The molecule has 1 atom stereocenters. The Morgan fingerprint density at radius 2 is 1.74 bits per heavy atom. The van der Waals surface area contributed by atoms with Crippen molar-refractivity contribution in [3.05, 3.63) is 53.1 Å². The van der Waals surface area contributed by atoms with Gasteiger partial charge < -0.3 is 19.7 Å². The topological polar surface area (TPSA) is 67.9 Å². The molecule has 2 aromatic carbocycles. The maximum Gasteiger partial charge on any atom is 0.267 e. The highest BCUT2D eigenvalue weighted by Gasteiger charge is 2.30. The lowest BCUT2D eigenvalue weighted by molar-refractivity contribution is -0.141. The second-order valence-electron chi connectivity index (χ2n) is 6.88. The zero-order valence-electron chi connectivity index (χ0n) is 16.0. The number of fused-ring (bicyclic) bond motifs is 1. The van der Waals surface area contributed by atoms with Crippen LogP contribution in [0.5, 0.6) is 11.5 Å². The normalized spacial score (nSPS) is 15.2. The molecule has 3 rings (SSSR count). The zero-order valence-corrected chi connectivity index (χ0v) is 16.0. The zero-order chi connectivity index (χ0) is 19.6. The molecule has 142 valence electrons. The lowest BCUT2D eigenvalue weighted by Crippen LogP contribution is -2.47. The van der Waals surface area contributed by atoms with Gasteiger partial charge in [0.15, 0.2) is 11.5 Å². The largest absolute Gasteiger partial charge is 0.485 e. The minimum atomic E-state index is -0.763.